The van der Waals surface area contributed by atoms with Crippen molar-refractivity contribution in [1.29, 1.82) is 0 Å². The normalized spacial score (nSPS) is 10.5. The molecule has 0 fully saturated rings. The van der Waals surface area contributed by atoms with Crippen LogP contribution in [0.25, 0.3) is 10.7 Å². The van der Waals surface area contributed by atoms with Gasteiger partial charge in [0.05, 0.1) is 4.88 Å². The van der Waals surface area contributed by atoms with Crippen LogP contribution in [0, 0.1) is 0 Å². The second-order valence-corrected chi connectivity index (χ2v) is 4.89. The number of H-pyrrole nitrogens is 1. The Balaban J connectivity index is 1.68. The number of nitrogens with zero attached hydrogens (tertiary/aromatic N) is 2. The molecule has 0 aliphatic heterocycles. The van der Waals surface area contributed by atoms with Crippen molar-refractivity contribution in [3.63, 3.8) is 0 Å². The summed E-state index contributed by atoms with van der Waals surface area (Å²) in [6, 6.07) is 11.2. The van der Waals surface area contributed by atoms with E-state index in [4.69, 9.17) is 10.5 Å². The fourth-order valence-electron chi connectivity index (χ4n) is 1.63. The van der Waals surface area contributed by atoms with Gasteiger partial charge in [0.1, 0.15) is 12.4 Å². The van der Waals surface area contributed by atoms with Crippen molar-refractivity contribution >= 4 is 17.0 Å². The van der Waals surface area contributed by atoms with Crippen molar-refractivity contribution in [2.24, 2.45) is 0 Å². The van der Waals surface area contributed by atoms with Crippen LogP contribution >= 0.6 is 11.3 Å². The largest absolute Gasteiger partial charge is 0.486 e. The molecule has 0 amide bonds. The highest BCUT2D eigenvalue weighted by molar-refractivity contribution is 7.13. The Labute approximate surface area is 114 Å². The highest BCUT2D eigenvalue weighted by Gasteiger charge is 2.07. The molecule has 0 saturated carbocycles. The molecule has 0 radical (unpaired) electrons. The second-order valence-electron chi connectivity index (χ2n) is 3.94. The molecule has 96 valence electrons. The Hall–Kier alpha value is -2.34. The zero-order valence-corrected chi connectivity index (χ0v) is 10.9. The molecule has 2 aromatic heterocycles. The molecule has 0 aliphatic rings. The molecule has 2 heterocycles. The smallest absolute Gasteiger partial charge is 0.191 e. The number of thiophene rings is 1. The topological polar surface area (TPSA) is 76.8 Å². The molecular formula is C13H12N4OS. The average molecular weight is 272 g/mol. The van der Waals surface area contributed by atoms with E-state index in [2.05, 4.69) is 15.2 Å². The van der Waals surface area contributed by atoms with Crippen LogP contribution < -0.4 is 10.5 Å². The number of aromatic amines is 1. The maximum absolute atomic E-state index is 5.68. The molecule has 3 rings (SSSR count). The van der Waals surface area contributed by atoms with Gasteiger partial charge in [-0.2, -0.15) is 5.10 Å². The first-order valence-electron chi connectivity index (χ1n) is 5.75. The van der Waals surface area contributed by atoms with E-state index in [0.717, 1.165) is 4.88 Å². The number of ether oxygens (including phenoxy) is 1. The van der Waals surface area contributed by atoms with E-state index in [1.165, 1.54) is 0 Å². The maximum Gasteiger partial charge on any atom is 0.191 e. The predicted octanol–water partition coefficient (Wildman–Crippen LogP) is 2.69. The van der Waals surface area contributed by atoms with Crippen molar-refractivity contribution < 1.29 is 4.74 Å². The molecule has 6 heteroatoms. The minimum atomic E-state index is 0.335. The minimum absolute atomic E-state index is 0.335. The van der Waals surface area contributed by atoms with Gasteiger partial charge >= 0.3 is 0 Å². The summed E-state index contributed by atoms with van der Waals surface area (Å²) in [6.45, 7) is 0.335. The number of anilines is 1. The molecule has 0 aliphatic carbocycles. The van der Waals surface area contributed by atoms with Crippen molar-refractivity contribution in [3.8, 4) is 16.5 Å². The van der Waals surface area contributed by atoms with E-state index in [0.29, 0.717) is 29.7 Å². The lowest BCUT2D eigenvalue weighted by Crippen LogP contribution is -1.98. The fourth-order valence-corrected chi connectivity index (χ4v) is 2.29. The molecule has 0 saturated heterocycles. The summed E-state index contributed by atoms with van der Waals surface area (Å²) in [5.74, 6) is 2.10. The molecule has 0 unspecified atom stereocenters. The molecule has 1 aromatic carbocycles. The monoisotopic (exact) mass is 272 g/mol. The van der Waals surface area contributed by atoms with Crippen molar-refractivity contribution in [1.82, 2.24) is 15.2 Å². The molecular weight excluding hydrogens is 260 g/mol. The van der Waals surface area contributed by atoms with Gasteiger partial charge < -0.3 is 10.5 Å². The predicted molar refractivity (Wildman–Crippen MR) is 74.9 cm³/mol. The summed E-state index contributed by atoms with van der Waals surface area (Å²) in [5.41, 5.74) is 6.36. The van der Waals surface area contributed by atoms with E-state index >= 15 is 0 Å². The lowest BCUT2D eigenvalue weighted by atomic mass is 10.3. The van der Waals surface area contributed by atoms with Crippen molar-refractivity contribution in [2.75, 3.05) is 5.73 Å². The lowest BCUT2D eigenvalue weighted by molar-refractivity contribution is 0.296. The number of nitrogen functional groups attached to an aromatic ring is 1. The number of benzene rings is 1. The van der Waals surface area contributed by atoms with Gasteiger partial charge in [-0.15, -0.1) is 11.3 Å². The van der Waals surface area contributed by atoms with Gasteiger partial charge in [0.25, 0.3) is 0 Å². The van der Waals surface area contributed by atoms with E-state index in [9.17, 15) is 0 Å². The zero-order chi connectivity index (χ0) is 13.1. The van der Waals surface area contributed by atoms with E-state index in [1.54, 1.807) is 17.4 Å². The van der Waals surface area contributed by atoms with E-state index in [-0.39, 0.29) is 0 Å². The molecule has 3 aromatic rings. The summed E-state index contributed by atoms with van der Waals surface area (Å²) in [4.78, 5) is 5.41. The minimum Gasteiger partial charge on any atom is -0.486 e. The quantitative estimate of drug-likeness (QED) is 0.716. The van der Waals surface area contributed by atoms with Crippen LogP contribution in [0.1, 0.15) is 5.82 Å². The Bertz CT molecular complexity index is 663. The first kappa shape index (κ1) is 11.7. The van der Waals surface area contributed by atoms with Crippen LogP contribution in [0.3, 0.4) is 0 Å². The Kier molecular flexibility index (Phi) is 3.16. The molecule has 5 nitrogen and oxygen atoms in total. The third kappa shape index (κ3) is 2.74. The average Bonchev–Trinajstić information content (AvgIpc) is 3.07. The van der Waals surface area contributed by atoms with Crippen LogP contribution in [0.4, 0.5) is 5.69 Å². The summed E-state index contributed by atoms with van der Waals surface area (Å²) in [7, 11) is 0. The summed E-state index contributed by atoms with van der Waals surface area (Å²) >= 11 is 1.60. The van der Waals surface area contributed by atoms with Gasteiger partial charge in [-0.05, 0) is 23.6 Å². The maximum atomic E-state index is 5.68. The highest BCUT2D eigenvalue weighted by Crippen LogP contribution is 2.21. The van der Waals surface area contributed by atoms with Gasteiger partial charge in [0.15, 0.2) is 11.6 Å². The standard InChI is InChI=1S/C13H12N4OS/c14-9-3-1-4-10(7-9)18-8-12-15-13(17-16-12)11-5-2-6-19-11/h1-7H,8,14H2,(H,15,16,17). The number of hydrogen-bond donors (Lipinski definition) is 2. The van der Waals surface area contributed by atoms with Gasteiger partial charge in [0.2, 0.25) is 0 Å². The van der Waals surface area contributed by atoms with Gasteiger partial charge in [-0.25, -0.2) is 4.98 Å². The number of nitrogens with one attached hydrogen (secondary N) is 1. The van der Waals surface area contributed by atoms with Crippen LogP contribution in [0.5, 0.6) is 5.75 Å². The summed E-state index contributed by atoms with van der Waals surface area (Å²) in [6.07, 6.45) is 0. The number of nitrogens with two attached hydrogens (primary N) is 1. The van der Waals surface area contributed by atoms with Crippen LogP contribution in [0.15, 0.2) is 41.8 Å². The fraction of sp³-hybridized carbons (Fsp3) is 0.0769. The van der Waals surface area contributed by atoms with Crippen molar-refractivity contribution in [2.45, 2.75) is 6.61 Å². The van der Waals surface area contributed by atoms with E-state index < -0.39 is 0 Å². The Morgan fingerprint density at radius 2 is 2.21 bits per heavy atom. The lowest BCUT2D eigenvalue weighted by Gasteiger charge is -2.03. The third-order valence-corrected chi connectivity index (χ3v) is 3.37. The van der Waals surface area contributed by atoms with Crippen LogP contribution in [-0.4, -0.2) is 15.2 Å². The highest BCUT2D eigenvalue weighted by atomic mass is 32.1. The first-order chi connectivity index (χ1) is 9.31. The Morgan fingerprint density at radius 3 is 3.00 bits per heavy atom. The van der Waals surface area contributed by atoms with Gasteiger partial charge in [-0.3, -0.25) is 5.10 Å². The summed E-state index contributed by atoms with van der Waals surface area (Å²) < 4.78 is 5.59. The Morgan fingerprint density at radius 1 is 1.26 bits per heavy atom. The molecule has 0 atom stereocenters. The van der Waals surface area contributed by atoms with Crippen LogP contribution in [0.2, 0.25) is 0 Å². The summed E-state index contributed by atoms with van der Waals surface area (Å²) in [5, 5.41) is 9.02. The zero-order valence-electron chi connectivity index (χ0n) is 10.0. The molecule has 19 heavy (non-hydrogen) atoms. The third-order valence-electron chi connectivity index (χ3n) is 2.51. The number of hydrogen-bond acceptors (Lipinski definition) is 5. The molecule has 0 spiro atoms. The van der Waals surface area contributed by atoms with E-state index in [1.807, 2.05) is 35.7 Å². The van der Waals surface area contributed by atoms with Crippen LogP contribution in [-0.2, 0) is 6.61 Å². The SMILES string of the molecule is Nc1cccc(OCc2nc(-c3cccs3)n[nH]2)c1. The van der Waals surface area contributed by atoms with Crippen molar-refractivity contribution in [3.05, 3.63) is 47.6 Å². The first-order valence-corrected chi connectivity index (χ1v) is 6.63. The van der Waals surface area contributed by atoms with Gasteiger partial charge in [0, 0.05) is 11.8 Å². The number of aromatic nitrogens is 3. The number of rotatable bonds is 4. The molecule has 0 bridgehead atoms. The van der Waals surface area contributed by atoms with Gasteiger partial charge in [-0.1, -0.05) is 12.1 Å². The second kappa shape index (κ2) is 5.11. The molecule has 3 N–H and O–H groups in total.